The maximum absolute atomic E-state index is 13.9. The molecule has 0 aliphatic rings. The lowest BCUT2D eigenvalue weighted by molar-refractivity contribution is -0.138. The number of carboxylic acid groups (broad SMARTS) is 1. The molecule has 4 rings (SSSR count). The van der Waals surface area contributed by atoms with Crippen LogP contribution in [0.3, 0.4) is 0 Å². The van der Waals surface area contributed by atoms with E-state index in [0.717, 1.165) is 16.5 Å². The van der Waals surface area contributed by atoms with Gasteiger partial charge in [-0.05, 0) is 30.0 Å². The standard InChI is InChI=1S/C34H43N11O6/c35-24(15-22-17-38-19-42-22)30(48)44-27(13-20-7-2-1-3-8-20)33(51)43-26(11-6-12-39-34(36)37)32(50)45-28(31(49)41-18-29(46)47)14-21-16-40-25-10-5-4-9-23(21)25/h1-5,7-10,16-17,19,24,26-28,40H,6,11-15,18,35H2,(H,38,42)(H,41,49)(H,43,51)(H,44,48)(H,45,50)(H,46,47)(H4,36,37,39)/t24-,26-,27+,28+/m0/s1. The quantitative estimate of drug-likeness (QED) is 0.0322. The van der Waals surface area contributed by atoms with E-state index in [0.29, 0.717) is 11.3 Å². The molecule has 270 valence electrons. The number of rotatable bonds is 19. The number of fused-ring (bicyclic) bond motifs is 1. The highest BCUT2D eigenvalue weighted by Gasteiger charge is 2.31. The smallest absolute Gasteiger partial charge is 0.322 e. The van der Waals surface area contributed by atoms with Gasteiger partial charge in [0.05, 0.1) is 12.4 Å². The number of hydrogen-bond acceptors (Lipinski definition) is 8. The number of imidazole rings is 1. The lowest BCUT2D eigenvalue weighted by Crippen LogP contribution is -2.58. The van der Waals surface area contributed by atoms with Crippen LogP contribution in [0, 0.1) is 0 Å². The maximum Gasteiger partial charge on any atom is 0.322 e. The fraction of sp³-hybridized carbons (Fsp3) is 0.324. The summed E-state index contributed by atoms with van der Waals surface area (Å²) in [5.41, 5.74) is 20.0. The minimum atomic E-state index is -1.26. The van der Waals surface area contributed by atoms with Gasteiger partial charge in [-0.2, -0.15) is 0 Å². The summed E-state index contributed by atoms with van der Waals surface area (Å²) in [6.07, 6.45) is 5.26. The zero-order valence-electron chi connectivity index (χ0n) is 27.8. The first-order valence-electron chi connectivity index (χ1n) is 16.3. The minimum absolute atomic E-state index is 0.0107. The first kappa shape index (κ1) is 37.6. The van der Waals surface area contributed by atoms with Crippen molar-refractivity contribution in [1.29, 1.82) is 0 Å². The lowest BCUT2D eigenvalue weighted by Gasteiger charge is -2.26. The van der Waals surface area contributed by atoms with Gasteiger partial charge in [-0.15, -0.1) is 0 Å². The average molecular weight is 702 g/mol. The second-order valence-electron chi connectivity index (χ2n) is 11.9. The Morgan fingerprint density at radius 3 is 2.18 bits per heavy atom. The number of aliphatic carboxylic acids is 1. The number of carbonyl (C=O) groups is 5. The first-order chi connectivity index (χ1) is 24.5. The molecule has 17 heteroatoms. The van der Waals surface area contributed by atoms with Gasteiger partial charge in [0, 0.05) is 54.8 Å². The highest BCUT2D eigenvalue weighted by Crippen LogP contribution is 2.19. The van der Waals surface area contributed by atoms with E-state index in [1.165, 1.54) is 6.33 Å². The molecule has 2 aromatic heterocycles. The van der Waals surface area contributed by atoms with Gasteiger partial charge in [-0.25, -0.2) is 4.98 Å². The fourth-order valence-corrected chi connectivity index (χ4v) is 5.40. The van der Waals surface area contributed by atoms with Crippen LogP contribution >= 0.6 is 0 Å². The monoisotopic (exact) mass is 701 g/mol. The van der Waals surface area contributed by atoms with Crippen molar-refractivity contribution in [2.24, 2.45) is 22.2 Å². The highest BCUT2D eigenvalue weighted by molar-refractivity contribution is 5.96. The van der Waals surface area contributed by atoms with E-state index in [4.69, 9.17) is 22.3 Å². The molecule has 4 aromatic rings. The normalized spacial score (nSPS) is 13.3. The van der Waals surface area contributed by atoms with Crippen molar-refractivity contribution in [3.63, 3.8) is 0 Å². The molecule has 0 spiro atoms. The number of amides is 4. The Kier molecular flexibility index (Phi) is 13.6. The molecule has 17 nitrogen and oxygen atoms in total. The second-order valence-corrected chi connectivity index (χ2v) is 11.9. The van der Waals surface area contributed by atoms with E-state index in [1.807, 2.05) is 30.3 Å². The molecule has 0 radical (unpaired) electrons. The summed E-state index contributed by atoms with van der Waals surface area (Å²) in [5, 5.41) is 20.4. The van der Waals surface area contributed by atoms with Crippen LogP contribution in [0.4, 0.5) is 0 Å². The van der Waals surface area contributed by atoms with Gasteiger partial charge in [-0.1, -0.05) is 48.5 Å². The Hall–Kier alpha value is -6.23. The molecule has 13 N–H and O–H groups in total. The Morgan fingerprint density at radius 2 is 1.47 bits per heavy atom. The molecular weight excluding hydrogens is 658 g/mol. The number of aromatic amines is 2. The molecule has 0 aliphatic carbocycles. The molecule has 0 unspecified atom stereocenters. The van der Waals surface area contributed by atoms with E-state index >= 15 is 0 Å². The summed E-state index contributed by atoms with van der Waals surface area (Å²) in [4.78, 5) is 79.4. The zero-order chi connectivity index (χ0) is 36.8. The van der Waals surface area contributed by atoms with Gasteiger partial charge in [0.1, 0.15) is 24.7 Å². The number of carboxylic acids is 1. The van der Waals surface area contributed by atoms with Crippen LogP contribution in [-0.2, 0) is 43.2 Å². The van der Waals surface area contributed by atoms with Gasteiger partial charge in [0.25, 0.3) is 0 Å². The zero-order valence-corrected chi connectivity index (χ0v) is 27.8. The van der Waals surface area contributed by atoms with Gasteiger partial charge in [0.2, 0.25) is 23.6 Å². The Morgan fingerprint density at radius 1 is 0.804 bits per heavy atom. The van der Waals surface area contributed by atoms with Crippen molar-refractivity contribution in [3.8, 4) is 0 Å². The third-order valence-corrected chi connectivity index (χ3v) is 7.97. The SMILES string of the molecule is NC(N)=NCCC[C@H](NC(=O)[C@@H](Cc1ccccc1)NC(=O)[C@@H](N)Cc1cnc[nH]1)C(=O)N[C@H](Cc1c[nH]c2ccccc12)C(=O)NCC(=O)O. The van der Waals surface area contributed by atoms with E-state index in [9.17, 15) is 24.0 Å². The Labute approximate surface area is 293 Å². The lowest BCUT2D eigenvalue weighted by atomic mass is 10.0. The van der Waals surface area contributed by atoms with E-state index in [1.54, 1.807) is 36.7 Å². The number of nitrogens with one attached hydrogen (secondary N) is 6. The molecule has 2 heterocycles. The number of aromatic nitrogens is 3. The highest BCUT2D eigenvalue weighted by atomic mass is 16.4. The van der Waals surface area contributed by atoms with E-state index in [-0.39, 0.29) is 44.6 Å². The number of benzene rings is 2. The third kappa shape index (κ3) is 11.7. The van der Waals surface area contributed by atoms with Crippen molar-refractivity contribution >= 4 is 46.5 Å². The summed E-state index contributed by atoms with van der Waals surface area (Å²) < 4.78 is 0. The largest absolute Gasteiger partial charge is 0.480 e. The van der Waals surface area contributed by atoms with Crippen molar-refractivity contribution in [2.45, 2.75) is 56.3 Å². The topological polar surface area (TPSA) is 289 Å². The molecule has 51 heavy (non-hydrogen) atoms. The molecule has 0 aliphatic heterocycles. The molecular formula is C34H43N11O6. The van der Waals surface area contributed by atoms with Gasteiger partial charge in [-0.3, -0.25) is 29.0 Å². The Bertz CT molecular complexity index is 1810. The Balaban J connectivity index is 1.56. The maximum atomic E-state index is 13.9. The van der Waals surface area contributed by atoms with E-state index < -0.39 is 60.3 Å². The summed E-state index contributed by atoms with van der Waals surface area (Å²) in [6.45, 7) is -0.520. The molecule has 0 saturated carbocycles. The predicted molar refractivity (Wildman–Crippen MR) is 189 cm³/mol. The molecule has 0 fully saturated rings. The number of guanidine groups is 1. The molecule has 4 atom stereocenters. The summed E-state index contributed by atoms with van der Waals surface area (Å²) in [5.74, 6) is -4.13. The third-order valence-electron chi connectivity index (χ3n) is 7.97. The van der Waals surface area contributed by atoms with Gasteiger partial charge in [0.15, 0.2) is 5.96 Å². The van der Waals surface area contributed by atoms with Crippen LogP contribution in [0.2, 0.25) is 0 Å². The van der Waals surface area contributed by atoms with Crippen LogP contribution in [0.15, 0.2) is 78.3 Å². The van der Waals surface area contributed by atoms with Gasteiger partial charge >= 0.3 is 5.97 Å². The molecule has 4 amide bonds. The number of aliphatic imine (C=N–C) groups is 1. The van der Waals surface area contributed by atoms with Crippen LogP contribution in [-0.4, -0.2) is 92.9 Å². The van der Waals surface area contributed by atoms with Crippen LogP contribution < -0.4 is 38.5 Å². The fourth-order valence-electron chi connectivity index (χ4n) is 5.40. The van der Waals surface area contributed by atoms with Crippen LogP contribution in [0.5, 0.6) is 0 Å². The number of carbonyl (C=O) groups excluding carboxylic acids is 4. The van der Waals surface area contributed by atoms with Crippen molar-refractivity contribution in [2.75, 3.05) is 13.1 Å². The van der Waals surface area contributed by atoms with Crippen LogP contribution in [0.25, 0.3) is 10.9 Å². The van der Waals surface area contributed by atoms with Crippen molar-refractivity contribution in [1.82, 2.24) is 36.2 Å². The first-order valence-corrected chi connectivity index (χ1v) is 16.3. The number of para-hydroxylation sites is 1. The molecule has 2 aromatic carbocycles. The molecule has 0 saturated heterocycles. The second kappa shape index (κ2) is 18.5. The predicted octanol–water partition coefficient (Wildman–Crippen LogP) is -1.04. The number of nitrogens with two attached hydrogens (primary N) is 3. The summed E-state index contributed by atoms with van der Waals surface area (Å²) in [7, 11) is 0. The van der Waals surface area contributed by atoms with E-state index in [2.05, 4.69) is 41.2 Å². The number of hydrogen-bond donors (Lipinski definition) is 10. The summed E-state index contributed by atoms with van der Waals surface area (Å²) in [6, 6.07) is 11.8. The minimum Gasteiger partial charge on any atom is -0.480 e. The molecule has 0 bridgehead atoms. The van der Waals surface area contributed by atoms with Crippen molar-refractivity contribution < 1.29 is 29.1 Å². The summed E-state index contributed by atoms with van der Waals surface area (Å²) >= 11 is 0. The van der Waals surface area contributed by atoms with Crippen molar-refractivity contribution in [3.05, 3.63) is 90.1 Å². The van der Waals surface area contributed by atoms with Gasteiger partial charge < -0.3 is 53.5 Å². The number of nitrogens with zero attached hydrogens (tertiary/aromatic N) is 2. The number of H-pyrrole nitrogens is 2. The average Bonchev–Trinajstić information content (AvgIpc) is 3.78. The van der Waals surface area contributed by atoms with Crippen LogP contribution in [0.1, 0.15) is 29.7 Å².